The maximum Gasteiger partial charge on any atom is 0.288 e. The number of hydrogen-bond acceptors (Lipinski definition) is 3. The molecular formula is C11H15ClN2O2. The summed E-state index contributed by atoms with van der Waals surface area (Å²) in [5.74, 6) is 0. The number of aryl methyl sites for hydroxylation is 1. The van der Waals surface area contributed by atoms with Crippen LogP contribution < -0.4 is 5.56 Å². The lowest BCUT2D eigenvalue weighted by molar-refractivity contribution is 0.101. The Labute approximate surface area is 99.2 Å². The molecule has 1 aromatic rings. The molecule has 0 spiro atoms. The van der Waals surface area contributed by atoms with Gasteiger partial charge in [-0.3, -0.25) is 4.79 Å². The van der Waals surface area contributed by atoms with Crippen molar-refractivity contribution in [3.8, 4) is 0 Å². The molecule has 0 aromatic carbocycles. The van der Waals surface area contributed by atoms with E-state index in [4.69, 9.17) is 16.3 Å². The maximum absolute atomic E-state index is 11.5. The first-order valence-electron chi connectivity index (χ1n) is 5.60. The predicted octanol–water partition coefficient (Wildman–Crippen LogP) is 1.86. The average Bonchev–Trinajstić information content (AvgIpc) is 2.77. The Kier molecular flexibility index (Phi) is 3.96. The molecule has 2 heterocycles. The Hall–Kier alpha value is -0.870. The maximum atomic E-state index is 11.5. The van der Waals surface area contributed by atoms with Crippen molar-refractivity contribution in [2.45, 2.75) is 38.3 Å². The van der Waals surface area contributed by atoms with Gasteiger partial charge >= 0.3 is 0 Å². The van der Waals surface area contributed by atoms with Gasteiger partial charge < -0.3 is 9.30 Å². The van der Waals surface area contributed by atoms with Gasteiger partial charge in [0.2, 0.25) is 0 Å². The molecule has 0 saturated carbocycles. The summed E-state index contributed by atoms with van der Waals surface area (Å²) in [6, 6.07) is 0. The van der Waals surface area contributed by atoms with Crippen LogP contribution in [0.15, 0.2) is 17.2 Å². The second-order valence-corrected chi connectivity index (χ2v) is 4.35. The zero-order valence-electron chi connectivity index (χ0n) is 9.06. The number of aromatic nitrogens is 2. The number of halogens is 1. The van der Waals surface area contributed by atoms with Crippen molar-refractivity contribution >= 4 is 11.6 Å². The molecule has 0 aliphatic carbocycles. The Bertz CT molecular complexity index is 399. The van der Waals surface area contributed by atoms with Crippen LogP contribution in [0.1, 0.15) is 25.7 Å². The summed E-state index contributed by atoms with van der Waals surface area (Å²) in [5, 5.41) is 0.0413. The van der Waals surface area contributed by atoms with Crippen molar-refractivity contribution in [3.63, 3.8) is 0 Å². The number of nitrogens with zero attached hydrogens (tertiary/aromatic N) is 2. The minimum Gasteiger partial charge on any atom is -0.378 e. The third kappa shape index (κ3) is 2.83. The van der Waals surface area contributed by atoms with Gasteiger partial charge in [0, 0.05) is 25.5 Å². The van der Waals surface area contributed by atoms with Crippen LogP contribution in [0.2, 0.25) is 5.15 Å². The SMILES string of the molecule is O=c1c(Cl)nccn1CCCC1CCCO1. The molecule has 1 saturated heterocycles. The monoisotopic (exact) mass is 242 g/mol. The predicted molar refractivity (Wildman–Crippen MR) is 61.7 cm³/mol. The molecule has 0 bridgehead atoms. The van der Waals surface area contributed by atoms with Gasteiger partial charge in [-0.2, -0.15) is 0 Å². The van der Waals surface area contributed by atoms with Crippen LogP contribution in [0, 0.1) is 0 Å². The average molecular weight is 243 g/mol. The first-order valence-corrected chi connectivity index (χ1v) is 5.98. The normalized spacial score (nSPS) is 20.2. The summed E-state index contributed by atoms with van der Waals surface area (Å²) in [5.41, 5.74) is -0.212. The fraction of sp³-hybridized carbons (Fsp3) is 0.636. The van der Waals surface area contributed by atoms with E-state index >= 15 is 0 Å². The fourth-order valence-electron chi connectivity index (χ4n) is 1.96. The lowest BCUT2D eigenvalue weighted by Crippen LogP contribution is -2.21. The molecule has 4 nitrogen and oxygen atoms in total. The quantitative estimate of drug-likeness (QED) is 0.810. The molecule has 1 fully saturated rings. The summed E-state index contributed by atoms with van der Waals surface area (Å²) >= 11 is 5.65. The van der Waals surface area contributed by atoms with Crippen molar-refractivity contribution in [2.24, 2.45) is 0 Å². The van der Waals surface area contributed by atoms with Crippen LogP contribution in [-0.4, -0.2) is 22.3 Å². The molecule has 2 rings (SSSR count). The van der Waals surface area contributed by atoms with Crippen LogP contribution in [0.25, 0.3) is 0 Å². The van der Waals surface area contributed by atoms with Crippen LogP contribution in [-0.2, 0) is 11.3 Å². The first kappa shape index (κ1) is 11.6. The zero-order valence-corrected chi connectivity index (χ0v) is 9.82. The summed E-state index contributed by atoms with van der Waals surface area (Å²) in [6.45, 7) is 1.56. The van der Waals surface area contributed by atoms with E-state index in [0.717, 1.165) is 32.3 Å². The van der Waals surface area contributed by atoms with E-state index in [9.17, 15) is 4.79 Å². The van der Waals surface area contributed by atoms with Crippen molar-refractivity contribution in [1.82, 2.24) is 9.55 Å². The summed E-state index contributed by atoms with van der Waals surface area (Å²) in [7, 11) is 0. The van der Waals surface area contributed by atoms with Gasteiger partial charge in [0.15, 0.2) is 5.15 Å². The molecule has 1 unspecified atom stereocenters. The smallest absolute Gasteiger partial charge is 0.288 e. The van der Waals surface area contributed by atoms with E-state index in [1.807, 2.05) is 0 Å². The van der Waals surface area contributed by atoms with Gasteiger partial charge in [-0.25, -0.2) is 4.98 Å². The van der Waals surface area contributed by atoms with Crippen LogP contribution in [0.4, 0.5) is 0 Å². The van der Waals surface area contributed by atoms with E-state index in [1.54, 1.807) is 17.0 Å². The Morgan fingerprint density at radius 2 is 2.50 bits per heavy atom. The van der Waals surface area contributed by atoms with E-state index in [2.05, 4.69) is 4.98 Å². The number of ether oxygens (including phenoxy) is 1. The van der Waals surface area contributed by atoms with Gasteiger partial charge in [-0.1, -0.05) is 11.6 Å². The molecule has 0 amide bonds. The van der Waals surface area contributed by atoms with Crippen molar-refractivity contribution in [2.75, 3.05) is 6.61 Å². The van der Waals surface area contributed by atoms with Crippen LogP contribution in [0.5, 0.6) is 0 Å². The second kappa shape index (κ2) is 5.46. The summed E-state index contributed by atoms with van der Waals surface area (Å²) < 4.78 is 7.12. The lowest BCUT2D eigenvalue weighted by atomic mass is 10.1. The topological polar surface area (TPSA) is 44.1 Å². The fourth-order valence-corrected chi connectivity index (χ4v) is 2.12. The molecule has 1 aliphatic heterocycles. The number of hydrogen-bond donors (Lipinski definition) is 0. The van der Waals surface area contributed by atoms with Crippen molar-refractivity contribution < 1.29 is 4.74 Å². The molecule has 5 heteroatoms. The largest absolute Gasteiger partial charge is 0.378 e. The first-order chi connectivity index (χ1) is 7.77. The molecule has 16 heavy (non-hydrogen) atoms. The molecule has 0 N–H and O–H groups in total. The van der Waals surface area contributed by atoms with Gasteiger partial charge in [-0.15, -0.1) is 0 Å². The van der Waals surface area contributed by atoms with E-state index in [0.29, 0.717) is 12.6 Å². The summed E-state index contributed by atoms with van der Waals surface area (Å²) in [4.78, 5) is 15.3. The molecule has 1 aromatic heterocycles. The Morgan fingerprint density at radius 3 is 3.25 bits per heavy atom. The van der Waals surface area contributed by atoms with Crippen LogP contribution >= 0.6 is 11.6 Å². The lowest BCUT2D eigenvalue weighted by Gasteiger charge is -2.09. The highest BCUT2D eigenvalue weighted by Crippen LogP contribution is 2.16. The van der Waals surface area contributed by atoms with E-state index < -0.39 is 0 Å². The molecule has 1 aliphatic rings. The van der Waals surface area contributed by atoms with Gasteiger partial charge in [0.1, 0.15) is 0 Å². The standard InChI is InChI=1S/C11H15ClN2O2/c12-10-11(15)14(7-5-13-10)6-1-3-9-4-2-8-16-9/h5,7,9H,1-4,6,8H2. The summed E-state index contributed by atoms with van der Waals surface area (Å²) in [6.07, 6.45) is 7.85. The molecule has 1 atom stereocenters. The third-order valence-corrected chi connectivity index (χ3v) is 3.08. The van der Waals surface area contributed by atoms with Gasteiger partial charge in [0.25, 0.3) is 5.56 Å². The van der Waals surface area contributed by atoms with Gasteiger partial charge in [0.05, 0.1) is 6.10 Å². The highest BCUT2D eigenvalue weighted by Gasteiger charge is 2.14. The van der Waals surface area contributed by atoms with Crippen molar-refractivity contribution in [3.05, 3.63) is 27.9 Å². The Balaban J connectivity index is 1.85. The third-order valence-electron chi connectivity index (χ3n) is 2.82. The highest BCUT2D eigenvalue weighted by atomic mass is 35.5. The molecule has 88 valence electrons. The zero-order chi connectivity index (χ0) is 11.4. The minimum atomic E-state index is -0.212. The van der Waals surface area contributed by atoms with Crippen molar-refractivity contribution in [1.29, 1.82) is 0 Å². The van der Waals surface area contributed by atoms with E-state index in [1.165, 1.54) is 0 Å². The Morgan fingerprint density at radius 1 is 1.62 bits per heavy atom. The molecule has 0 radical (unpaired) electrons. The number of rotatable bonds is 4. The van der Waals surface area contributed by atoms with Gasteiger partial charge in [-0.05, 0) is 25.7 Å². The van der Waals surface area contributed by atoms with Crippen LogP contribution in [0.3, 0.4) is 0 Å². The second-order valence-electron chi connectivity index (χ2n) is 3.99. The highest BCUT2D eigenvalue weighted by molar-refractivity contribution is 6.29. The van der Waals surface area contributed by atoms with E-state index in [-0.39, 0.29) is 10.7 Å². The minimum absolute atomic E-state index is 0.0413. The molecular weight excluding hydrogens is 228 g/mol.